The van der Waals surface area contributed by atoms with Crippen molar-refractivity contribution in [1.82, 2.24) is 24.6 Å². The maximum atomic E-state index is 15.0. The normalized spacial score (nSPS) is 22.0. The number of hydrogen-bond acceptors (Lipinski definition) is 8. The predicted octanol–water partition coefficient (Wildman–Crippen LogP) is 5.84. The summed E-state index contributed by atoms with van der Waals surface area (Å²) < 4.78 is 90.3. The molecule has 6 rings (SSSR count). The molecule has 2 aromatic heterocycles. The molecule has 0 radical (unpaired) electrons. The summed E-state index contributed by atoms with van der Waals surface area (Å²) in [7, 11) is 0. The van der Waals surface area contributed by atoms with Gasteiger partial charge in [0, 0.05) is 88.0 Å². The van der Waals surface area contributed by atoms with Crippen molar-refractivity contribution in [2.24, 2.45) is 0 Å². The van der Waals surface area contributed by atoms with Crippen molar-refractivity contribution < 1.29 is 45.8 Å². The number of halogens is 7. The van der Waals surface area contributed by atoms with E-state index in [1.54, 1.807) is 17.0 Å². The SMILES string of the molecule is O=C(c1ncccc1C(F)(F)F)N1CCC[C@@](Oc2csc(C(F)(F)F)c2)(C(=O)N2CCc3cc(Cl)ccc3C2)[C@H]1CCN1CCN(CCO)CC1. The number of amides is 2. The van der Waals surface area contributed by atoms with Gasteiger partial charge in [0.1, 0.15) is 16.3 Å². The number of likely N-dealkylation sites (tertiary alicyclic amines) is 1. The number of alkyl halides is 6. The van der Waals surface area contributed by atoms with E-state index in [1.165, 1.54) is 4.90 Å². The van der Waals surface area contributed by atoms with E-state index in [9.17, 15) is 36.2 Å². The molecule has 9 nitrogen and oxygen atoms in total. The van der Waals surface area contributed by atoms with Gasteiger partial charge in [-0.25, -0.2) is 0 Å². The summed E-state index contributed by atoms with van der Waals surface area (Å²) >= 11 is 6.61. The van der Waals surface area contributed by atoms with E-state index in [0.717, 1.165) is 40.9 Å². The summed E-state index contributed by atoms with van der Waals surface area (Å²) in [6.45, 7) is 3.61. The minimum atomic E-state index is -4.91. The van der Waals surface area contributed by atoms with E-state index >= 15 is 4.79 Å². The smallest absolute Gasteiger partial charge is 0.425 e. The second kappa shape index (κ2) is 15.5. The molecule has 2 fully saturated rings. The van der Waals surface area contributed by atoms with Gasteiger partial charge in [-0.05, 0) is 54.7 Å². The molecule has 3 aliphatic heterocycles. The fraction of sp³-hybridized carbons (Fsp3) is 0.514. The number of β-amino-alcohol motifs (C(OH)–C–C–N with tert-alkyl or cyclic N) is 1. The lowest BCUT2D eigenvalue weighted by Crippen LogP contribution is -2.68. The highest BCUT2D eigenvalue weighted by Gasteiger charge is 2.56. The molecule has 52 heavy (non-hydrogen) atoms. The van der Waals surface area contributed by atoms with Crippen LogP contribution in [0, 0.1) is 0 Å². The molecule has 2 amide bonds. The van der Waals surface area contributed by atoms with Crippen LogP contribution in [0.2, 0.25) is 5.02 Å². The highest BCUT2D eigenvalue weighted by atomic mass is 35.5. The molecule has 0 aliphatic carbocycles. The van der Waals surface area contributed by atoms with Crippen molar-refractivity contribution in [3.05, 3.63) is 80.3 Å². The summed E-state index contributed by atoms with van der Waals surface area (Å²) in [6, 6.07) is 6.78. The van der Waals surface area contributed by atoms with Crippen LogP contribution in [-0.2, 0) is 30.1 Å². The minimum Gasteiger partial charge on any atom is -0.474 e. The molecule has 5 heterocycles. The lowest BCUT2D eigenvalue weighted by atomic mass is 9.79. The lowest BCUT2D eigenvalue weighted by Gasteiger charge is -2.50. The molecule has 2 saturated heterocycles. The Morgan fingerprint density at radius 3 is 2.37 bits per heavy atom. The molecule has 2 atom stereocenters. The van der Waals surface area contributed by atoms with Crippen LogP contribution in [0.1, 0.15) is 51.3 Å². The number of thiophene rings is 1. The Hall–Kier alpha value is -3.44. The van der Waals surface area contributed by atoms with Crippen LogP contribution >= 0.6 is 22.9 Å². The first-order valence-corrected chi connectivity index (χ1v) is 18.3. The van der Waals surface area contributed by atoms with Crippen molar-refractivity contribution in [3.63, 3.8) is 0 Å². The van der Waals surface area contributed by atoms with Crippen LogP contribution in [-0.4, -0.2) is 112 Å². The highest BCUT2D eigenvalue weighted by Crippen LogP contribution is 2.43. The van der Waals surface area contributed by atoms with Crippen LogP contribution in [0.25, 0.3) is 0 Å². The molecule has 0 saturated carbocycles. The largest absolute Gasteiger partial charge is 0.474 e. The zero-order valence-electron chi connectivity index (χ0n) is 28.1. The van der Waals surface area contributed by atoms with Gasteiger partial charge in [0.05, 0.1) is 18.2 Å². The van der Waals surface area contributed by atoms with Crippen molar-refractivity contribution in [2.45, 2.75) is 56.2 Å². The number of rotatable bonds is 9. The van der Waals surface area contributed by atoms with Crippen molar-refractivity contribution in [2.75, 3.05) is 59.0 Å². The number of hydrogen-bond donors (Lipinski definition) is 1. The zero-order chi connectivity index (χ0) is 37.3. The number of piperazine rings is 1. The van der Waals surface area contributed by atoms with Crippen molar-refractivity contribution in [1.29, 1.82) is 0 Å². The number of aliphatic hydroxyl groups is 1. The van der Waals surface area contributed by atoms with Crippen LogP contribution in [0.5, 0.6) is 5.75 Å². The predicted molar refractivity (Wildman–Crippen MR) is 181 cm³/mol. The van der Waals surface area contributed by atoms with Gasteiger partial charge in [-0.15, -0.1) is 11.3 Å². The fourth-order valence-corrected chi connectivity index (χ4v) is 8.32. The molecular formula is C35H38ClF6N5O4S. The third-order valence-electron chi connectivity index (χ3n) is 10.0. The molecule has 17 heteroatoms. The number of carbonyl (C=O) groups is 2. The topological polar surface area (TPSA) is 89.5 Å². The van der Waals surface area contributed by atoms with Gasteiger partial charge in [0.15, 0.2) is 0 Å². The number of carbonyl (C=O) groups excluding carboxylic acids is 2. The Balaban J connectivity index is 1.41. The summed E-state index contributed by atoms with van der Waals surface area (Å²) in [5.74, 6) is -1.84. The first-order chi connectivity index (χ1) is 24.7. The van der Waals surface area contributed by atoms with Gasteiger partial charge >= 0.3 is 12.4 Å². The average Bonchev–Trinajstić information content (AvgIpc) is 3.60. The maximum absolute atomic E-state index is 15.0. The van der Waals surface area contributed by atoms with Crippen molar-refractivity contribution >= 4 is 34.8 Å². The summed E-state index contributed by atoms with van der Waals surface area (Å²) in [6.07, 6.45) is -7.87. The number of nitrogens with zero attached hydrogens (tertiary/aromatic N) is 5. The monoisotopic (exact) mass is 773 g/mol. The summed E-state index contributed by atoms with van der Waals surface area (Å²) in [5.41, 5.74) is -2.27. The molecule has 0 bridgehead atoms. The molecule has 0 unspecified atom stereocenters. The van der Waals surface area contributed by atoms with Gasteiger partial charge < -0.3 is 24.5 Å². The van der Waals surface area contributed by atoms with Gasteiger partial charge in [-0.2, -0.15) is 26.3 Å². The first-order valence-electron chi connectivity index (χ1n) is 17.0. The number of fused-ring (bicyclic) bond motifs is 1. The molecule has 282 valence electrons. The quantitative estimate of drug-likeness (QED) is 0.274. The molecule has 0 spiro atoms. The zero-order valence-corrected chi connectivity index (χ0v) is 29.6. The number of ether oxygens (including phenoxy) is 1. The molecule has 1 N–H and O–H groups in total. The van der Waals surface area contributed by atoms with Gasteiger partial charge in [-0.1, -0.05) is 17.7 Å². The average molecular weight is 774 g/mol. The number of aliphatic hydroxyl groups excluding tert-OH is 1. The lowest BCUT2D eigenvalue weighted by molar-refractivity contribution is -0.160. The third kappa shape index (κ3) is 8.20. The van der Waals surface area contributed by atoms with Crippen LogP contribution < -0.4 is 4.74 Å². The van der Waals surface area contributed by atoms with Crippen molar-refractivity contribution in [3.8, 4) is 5.75 Å². The standard InChI is InChI=1S/C35H38ClF6N5O4S/c36-25-5-4-24-21-46(12-6-23(24)19-25)32(50)33(51-26-20-29(52-22-26)35(40,41)42)8-2-10-47(31(49)30-27(34(37,38)39)3-1-9-43-30)28(33)7-11-44-13-15-45(16-14-44)17-18-48/h1,3-5,9,19-20,22,28,48H,2,6-8,10-18,21H2/t28-,33+/m1/s1. The molecular weight excluding hydrogens is 736 g/mol. The number of piperidine rings is 1. The number of aromatic nitrogens is 1. The van der Waals surface area contributed by atoms with Crippen LogP contribution in [0.15, 0.2) is 48.0 Å². The second-order valence-electron chi connectivity index (χ2n) is 13.2. The second-order valence-corrected chi connectivity index (χ2v) is 14.6. The number of pyridine rings is 1. The highest BCUT2D eigenvalue weighted by molar-refractivity contribution is 7.10. The van der Waals surface area contributed by atoms with Crippen LogP contribution in [0.3, 0.4) is 0 Å². The Labute approximate surface area is 305 Å². The Morgan fingerprint density at radius 2 is 1.69 bits per heavy atom. The molecule has 1 aromatic carbocycles. The summed E-state index contributed by atoms with van der Waals surface area (Å²) in [5, 5.41) is 11.1. The molecule has 3 aromatic rings. The maximum Gasteiger partial charge on any atom is 0.425 e. The minimum absolute atomic E-state index is 0.0000762. The Bertz CT molecular complexity index is 1750. The Morgan fingerprint density at radius 1 is 0.962 bits per heavy atom. The van der Waals surface area contributed by atoms with Gasteiger partial charge in [-0.3, -0.25) is 19.5 Å². The van der Waals surface area contributed by atoms with E-state index in [0.29, 0.717) is 62.0 Å². The number of benzene rings is 1. The Kier molecular flexibility index (Phi) is 11.4. The van der Waals surface area contributed by atoms with E-state index in [-0.39, 0.29) is 51.3 Å². The fourth-order valence-electron chi connectivity index (χ4n) is 7.45. The van der Waals surface area contributed by atoms with Crippen LogP contribution in [0.4, 0.5) is 26.3 Å². The van der Waals surface area contributed by atoms with Gasteiger partial charge in [0.25, 0.3) is 11.8 Å². The first kappa shape index (κ1) is 38.3. The van der Waals surface area contributed by atoms with E-state index in [1.807, 2.05) is 6.07 Å². The molecule has 3 aliphatic rings. The van der Waals surface area contributed by atoms with Gasteiger partial charge in [0.2, 0.25) is 5.60 Å². The third-order valence-corrected chi connectivity index (χ3v) is 11.2. The van der Waals surface area contributed by atoms with E-state index < -0.39 is 51.9 Å². The van der Waals surface area contributed by atoms with E-state index in [2.05, 4.69) is 14.8 Å². The van der Waals surface area contributed by atoms with E-state index in [4.69, 9.17) is 16.3 Å². The summed E-state index contributed by atoms with van der Waals surface area (Å²) in [4.78, 5) is 39.2.